The van der Waals surface area contributed by atoms with Crippen LogP contribution in [0, 0.1) is 0 Å². The molecule has 0 radical (unpaired) electrons. The number of hydrogen-bond donors (Lipinski definition) is 4. The van der Waals surface area contributed by atoms with Crippen LogP contribution in [-0.4, -0.2) is 34.1 Å². The summed E-state index contributed by atoms with van der Waals surface area (Å²) in [5.74, 6) is -2.15. The lowest BCUT2D eigenvalue weighted by Crippen LogP contribution is -2.33. The van der Waals surface area contributed by atoms with Crippen molar-refractivity contribution in [1.29, 1.82) is 0 Å². The van der Waals surface area contributed by atoms with Crippen molar-refractivity contribution in [3.8, 4) is 0 Å². The van der Waals surface area contributed by atoms with E-state index in [4.69, 9.17) is 10.3 Å². The van der Waals surface area contributed by atoms with E-state index in [1.165, 1.54) is 17.6 Å². The Bertz CT molecular complexity index is 471. The second kappa shape index (κ2) is 6.12. The van der Waals surface area contributed by atoms with Crippen LogP contribution in [0.2, 0.25) is 0 Å². The molecule has 0 aliphatic heterocycles. The Morgan fingerprint density at radius 2 is 1.83 bits per heavy atom. The van der Waals surface area contributed by atoms with Crippen molar-refractivity contribution in [2.75, 3.05) is 0 Å². The van der Waals surface area contributed by atoms with Gasteiger partial charge in [0.15, 0.2) is 0 Å². The van der Waals surface area contributed by atoms with Gasteiger partial charge in [0, 0.05) is 6.04 Å². The van der Waals surface area contributed by atoms with Crippen LogP contribution >= 0.6 is 11.3 Å². The molecule has 1 aromatic rings. The topological polar surface area (TPSA) is 116 Å². The van der Waals surface area contributed by atoms with Gasteiger partial charge in [0.25, 0.3) is 11.8 Å². The van der Waals surface area contributed by atoms with Crippen LogP contribution in [0.4, 0.5) is 0 Å². The summed E-state index contributed by atoms with van der Waals surface area (Å²) in [7, 11) is 0. The van der Waals surface area contributed by atoms with Crippen molar-refractivity contribution in [2.24, 2.45) is 0 Å². The third-order valence-electron chi connectivity index (χ3n) is 2.01. The van der Waals surface area contributed by atoms with Crippen molar-refractivity contribution in [1.82, 2.24) is 10.8 Å². The van der Waals surface area contributed by atoms with E-state index < -0.39 is 23.8 Å². The van der Waals surface area contributed by atoms with E-state index in [1.807, 2.05) is 0 Å². The minimum atomic E-state index is -1.01. The Morgan fingerprint density at radius 3 is 2.33 bits per heavy atom. The fourth-order valence-corrected chi connectivity index (χ4v) is 2.04. The molecule has 0 spiro atoms. The van der Waals surface area contributed by atoms with E-state index in [0.717, 1.165) is 11.3 Å². The van der Waals surface area contributed by atoms with Crippen LogP contribution in [0.5, 0.6) is 0 Å². The fourth-order valence-electron chi connectivity index (χ4n) is 1.24. The molecule has 0 saturated carbocycles. The molecule has 8 heteroatoms. The minimum Gasteiger partial charge on any atom is -0.481 e. The van der Waals surface area contributed by atoms with E-state index in [9.17, 15) is 14.4 Å². The highest BCUT2D eigenvalue weighted by Gasteiger charge is 2.16. The molecule has 1 unspecified atom stereocenters. The van der Waals surface area contributed by atoms with E-state index in [-0.39, 0.29) is 16.2 Å². The molecule has 0 fully saturated rings. The zero-order valence-corrected chi connectivity index (χ0v) is 10.3. The lowest BCUT2D eigenvalue weighted by Gasteiger charge is -2.09. The molecule has 0 bridgehead atoms. The second-order valence-electron chi connectivity index (χ2n) is 3.58. The van der Waals surface area contributed by atoms with Gasteiger partial charge in [-0.15, -0.1) is 11.3 Å². The zero-order valence-electron chi connectivity index (χ0n) is 9.47. The molecule has 1 aromatic heterocycles. The van der Waals surface area contributed by atoms with E-state index >= 15 is 0 Å². The van der Waals surface area contributed by atoms with Gasteiger partial charge in [-0.2, -0.15) is 0 Å². The fraction of sp³-hybridized carbons (Fsp3) is 0.300. The van der Waals surface area contributed by atoms with Gasteiger partial charge in [-0.3, -0.25) is 19.6 Å². The summed E-state index contributed by atoms with van der Waals surface area (Å²) in [5, 5.41) is 19.5. The third-order valence-corrected chi connectivity index (χ3v) is 3.10. The Labute approximate surface area is 106 Å². The summed E-state index contributed by atoms with van der Waals surface area (Å²) in [6.45, 7) is 1.57. The van der Waals surface area contributed by atoms with Gasteiger partial charge >= 0.3 is 5.97 Å². The molecule has 0 saturated heterocycles. The number of amides is 2. The predicted molar refractivity (Wildman–Crippen MR) is 62.8 cm³/mol. The van der Waals surface area contributed by atoms with Gasteiger partial charge in [0.05, 0.1) is 16.2 Å². The Balaban J connectivity index is 2.64. The van der Waals surface area contributed by atoms with Gasteiger partial charge in [-0.1, -0.05) is 0 Å². The summed E-state index contributed by atoms with van der Waals surface area (Å²) in [6, 6.07) is 2.32. The predicted octanol–water partition coefficient (Wildman–Crippen LogP) is 0.460. The SMILES string of the molecule is CC(CC(=O)O)NC(=O)c1ccc(C(=O)NO)s1. The number of nitrogens with one attached hydrogen (secondary N) is 2. The summed E-state index contributed by atoms with van der Waals surface area (Å²) in [6.07, 6.45) is -0.179. The standard InChI is InChI=1S/C10H12N2O5S/c1-5(4-8(13)14)11-9(15)6-2-3-7(18-6)10(16)12-17/h2-3,5,17H,4H2,1H3,(H,11,15)(H,12,16)(H,13,14). The van der Waals surface area contributed by atoms with Crippen molar-refractivity contribution < 1.29 is 24.7 Å². The maximum absolute atomic E-state index is 11.7. The number of carboxylic acid groups (broad SMARTS) is 1. The zero-order chi connectivity index (χ0) is 13.7. The van der Waals surface area contributed by atoms with E-state index in [2.05, 4.69) is 5.32 Å². The number of carbonyl (C=O) groups is 3. The number of carbonyl (C=O) groups excluding carboxylic acids is 2. The lowest BCUT2D eigenvalue weighted by molar-refractivity contribution is -0.137. The number of hydroxylamine groups is 1. The lowest BCUT2D eigenvalue weighted by atomic mass is 10.2. The molecular weight excluding hydrogens is 260 g/mol. The van der Waals surface area contributed by atoms with Gasteiger partial charge in [0.1, 0.15) is 0 Å². The number of rotatable bonds is 5. The van der Waals surface area contributed by atoms with Crippen LogP contribution in [-0.2, 0) is 4.79 Å². The first-order valence-corrected chi connectivity index (χ1v) is 5.82. The molecule has 18 heavy (non-hydrogen) atoms. The smallest absolute Gasteiger partial charge is 0.305 e. The average Bonchev–Trinajstić information content (AvgIpc) is 2.75. The van der Waals surface area contributed by atoms with Crippen LogP contribution in [0.15, 0.2) is 12.1 Å². The first-order chi connectivity index (χ1) is 8.43. The average molecular weight is 272 g/mol. The number of carboxylic acids is 1. The Hall–Kier alpha value is -1.93. The molecule has 7 nitrogen and oxygen atoms in total. The van der Waals surface area contributed by atoms with Crippen LogP contribution < -0.4 is 10.8 Å². The molecule has 0 aliphatic rings. The van der Waals surface area contributed by atoms with Crippen LogP contribution in [0.1, 0.15) is 32.7 Å². The molecule has 1 atom stereocenters. The third kappa shape index (κ3) is 3.82. The second-order valence-corrected chi connectivity index (χ2v) is 4.66. The summed E-state index contributed by atoms with van der Waals surface area (Å²) >= 11 is 0.903. The van der Waals surface area contributed by atoms with Crippen molar-refractivity contribution in [3.63, 3.8) is 0 Å². The number of thiophene rings is 1. The highest BCUT2D eigenvalue weighted by molar-refractivity contribution is 7.15. The van der Waals surface area contributed by atoms with Crippen molar-refractivity contribution in [2.45, 2.75) is 19.4 Å². The van der Waals surface area contributed by atoms with Crippen LogP contribution in [0.3, 0.4) is 0 Å². The first-order valence-electron chi connectivity index (χ1n) is 5.01. The highest BCUT2D eigenvalue weighted by Crippen LogP contribution is 2.16. The maximum Gasteiger partial charge on any atom is 0.305 e. The normalized spacial score (nSPS) is 11.7. The summed E-state index contributed by atoms with van der Waals surface area (Å²) in [4.78, 5) is 33.6. The first kappa shape index (κ1) is 14.1. The van der Waals surface area contributed by atoms with Crippen molar-refractivity contribution in [3.05, 3.63) is 21.9 Å². The largest absolute Gasteiger partial charge is 0.481 e. The molecular formula is C10H12N2O5S. The molecule has 0 aliphatic carbocycles. The van der Waals surface area contributed by atoms with E-state index in [0.29, 0.717) is 0 Å². The molecule has 2 amide bonds. The molecule has 1 rings (SSSR count). The summed E-state index contributed by atoms with van der Waals surface area (Å²) < 4.78 is 0. The number of aliphatic carboxylic acids is 1. The molecule has 0 aromatic carbocycles. The molecule has 4 N–H and O–H groups in total. The van der Waals surface area contributed by atoms with Gasteiger partial charge < -0.3 is 10.4 Å². The van der Waals surface area contributed by atoms with E-state index in [1.54, 1.807) is 6.92 Å². The van der Waals surface area contributed by atoms with Gasteiger partial charge in [-0.05, 0) is 19.1 Å². The quantitative estimate of drug-likeness (QED) is 0.459. The summed E-state index contributed by atoms with van der Waals surface area (Å²) in [5.41, 5.74) is 1.46. The Kier molecular flexibility index (Phi) is 4.81. The maximum atomic E-state index is 11.7. The molecule has 1 heterocycles. The molecule has 98 valence electrons. The van der Waals surface area contributed by atoms with Crippen LogP contribution in [0.25, 0.3) is 0 Å². The Morgan fingerprint density at radius 1 is 1.28 bits per heavy atom. The monoisotopic (exact) mass is 272 g/mol. The van der Waals surface area contributed by atoms with Gasteiger partial charge in [-0.25, -0.2) is 5.48 Å². The van der Waals surface area contributed by atoms with Gasteiger partial charge in [0.2, 0.25) is 0 Å². The highest BCUT2D eigenvalue weighted by atomic mass is 32.1. The minimum absolute atomic E-state index is 0.179. The van der Waals surface area contributed by atoms with Crippen molar-refractivity contribution >= 4 is 29.1 Å². The number of hydrogen-bond acceptors (Lipinski definition) is 5.